The van der Waals surface area contributed by atoms with Gasteiger partial charge in [-0.05, 0) is 19.9 Å². The van der Waals surface area contributed by atoms with Gasteiger partial charge in [0.05, 0.1) is 53.0 Å². The first-order valence-electron chi connectivity index (χ1n) is 19.4. The first kappa shape index (κ1) is 44.0. The van der Waals surface area contributed by atoms with Gasteiger partial charge in [0, 0.05) is 87.3 Å². The molecule has 1 saturated heterocycles. The quantitative estimate of drug-likeness (QED) is 0.100. The van der Waals surface area contributed by atoms with Gasteiger partial charge >= 0.3 is 11.8 Å². The second-order valence-corrected chi connectivity index (χ2v) is 15.6. The molecule has 16 nitrogen and oxygen atoms in total. The maximum absolute atomic E-state index is 14.4. The van der Waals surface area contributed by atoms with Crippen molar-refractivity contribution in [2.75, 3.05) is 38.6 Å². The minimum absolute atomic E-state index is 0.0544. The molecule has 0 saturated carbocycles. The predicted molar refractivity (Wildman–Crippen MR) is 216 cm³/mol. The number of Topliss-reactive ketones (excluding diaryl/α,β-unsaturated/α-hetero) is 1. The van der Waals surface area contributed by atoms with E-state index in [-0.39, 0.29) is 44.5 Å². The van der Waals surface area contributed by atoms with Crippen LogP contribution in [-0.2, 0) is 23.8 Å². The third kappa shape index (κ3) is 8.51. The average molecular weight is 809 g/mol. The van der Waals surface area contributed by atoms with Crippen molar-refractivity contribution >= 4 is 40.3 Å². The van der Waals surface area contributed by atoms with Crippen LogP contribution in [-0.4, -0.2) is 118 Å². The van der Waals surface area contributed by atoms with E-state index in [2.05, 4.69) is 15.7 Å². The van der Waals surface area contributed by atoms with Crippen molar-refractivity contribution in [2.45, 2.75) is 85.6 Å². The molecule has 0 aromatic heterocycles. The van der Waals surface area contributed by atoms with E-state index >= 15 is 0 Å². The molecule has 7 N–H and O–H groups in total. The van der Waals surface area contributed by atoms with Crippen LogP contribution in [0.25, 0.3) is 10.8 Å². The zero-order valence-electron chi connectivity index (χ0n) is 34.4. The molecule has 4 aliphatic rings. The third-order valence-electron chi connectivity index (χ3n) is 11.5. The lowest BCUT2D eigenvalue weighted by Gasteiger charge is -2.38. The van der Waals surface area contributed by atoms with Gasteiger partial charge in [-0.1, -0.05) is 45.9 Å². The number of rotatable bonds is 4. The summed E-state index contributed by atoms with van der Waals surface area (Å²) < 4.78 is 23.6. The first-order chi connectivity index (χ1) is 27.3. The summed E-state index contributed by atoms with van der Waals surface area (Å²) in [5, 5.41) is 69.8. The topological polar surface area (TPSA) is 229 Å². The number of hydrogen-bond acceptors (Lipinski definition) is 15. The number of anilines is 1. The molecule has 316 valence electrons. The number of methoxy groups -OCH3 is 1. The van der Waals surface area contributed by atoms with Crippen molar-refractivity contribution < 1.29 is 58.9 Å². The van der Waals surface area contributed by atoms with Gasteiger partial charge < -0.3 is 55.1 Å². The molecule has 58 heavy (non-hydrogen) atoms. The SMILES string of the molecule is CO[C@H]1/C=C/O[C@@]2(C)Oc3c(C)c(O)c4c(O)c(c(/C=N\N5CCNCC5)c(O)c4c3C2=O)NC(=O)/C(C)=C\C=C\[C@H](C)[C@H](O)[C@@H](C)[C@@H](O)[C@@H](C)[C@H](OC(C)=O)[C@@H]1C. The van der Waals surface area contributed by atoms with Crippen molar-refractivity contribution in [2.24, 2.45) is 28.8 Å². The highest BCUT2D eigenvalue weighted by Crippen LogP contribution is 2.55. The van der Waals surface area contributed by atoms with Gasteiger partial charge in [-0.2, -0.15) is 5.10 Å². The maximum atomic E-state index is 14.4. The number of aliphatic hydroxyl groups is 2. The Bertz CT molecular complexity index is 2040. The molecule has 0 unspecified atom stereocenters. The number of nitrogens with one attached hydrogen (secondary N) is 2. The Balaban J connectivity index is 1.71. The van der Waals surface area contributed by atoms with Gasteiger partial charge in [-0.25, -0.2) is 0 Å². The number of piperazine rings is 1. The minimum Gasteiger partial charge on any atom is -0.507 e. The molecule has 16 heteroatoms. The number of aromatic hydroxyl groups is 3. The Morgan fingerprint density at radius 3 is 2.28 bits per heavy atom. The highest BCUT2D eigenvalue weighted by atomic mass is 16.7. The molecule has 2 aromatic rings. The molecule has 5 bridgehead atoms. The van der Waals surface area contributed by atoms with Gasteiger partial charge in [-0.15, -0.1) is 0 Å². The van der Waals surface area contributed by atoms with Gasteiger partial charge in [0.1, 0.15) is 23.4 Å². The molecule has 1 fully saturated rings. The number of amides is 1. The molecule has 0 radical (unpaired) electrons. The van der Waals surface area contributed by atoms with Crippen molar-refractivity contribution in [3.63, 3.8) is 0 Å². The van der Waals surface area contributed by atoms with E-state index in [1.54, 1.807) is 44.9 Å². The molecular weight excluding hydrogens is 752 g/mol. The van der Waals surface area contributed by atoms with Crippen molar-refractivity contribution in [1.29, 1.82) is 0 Å². The summed E-state index contributed by atoms with van der Waals surface area (Å²) in [4.78, 5) is 40.4. The van der Waals surface area contributed by atoms with Crippen LogP contribution in [0.3, 0.4) is 0 Å². The van der Waals surface area contributed by atoms with E-state index in [1.807, 2.05) is 0 Å². The number of esters is 1. The fourth-order valence-corrected chi connectivity index (χ4v) is 7.78. The molecule has 1 amide bonds. The monoisotopic (exact) mass is 808 g/mol. The summed E-state index contributed by atoms with van der Waals surface area (Å²) in [5.41, 5.74) is -0.364. The lowest BCUT2D eigenvalue weighted by Crippen LogP contribution is -2.46. The second kappa shape index (κ2) is 17.8. The highest BCUT2D eigenvalue weighted by molar-refractivity contribution is 6.23. The van der Waals surface area contributed by atoms with Crippen LogP contribution in [0, 0.1) is 30.6 Å². The van der Waals surface area contributed by atoms with Gasteiger partial charge in [0.2, 0.25) is 0 Å². The molecule has 0 spiro atoms. The lowest BCUT2D eigenvalue weighted by molar-refractivity contribution is -0.160. The van der Waals surface area contributed by atoms with Crippen LogP contribution < -0.4 is 15.4 Å². The second-order valence-electron chi connectivity index (χ2n) is 15.6. The van der Waals surface area contributed by atoms with Crippen LogP contribution >= 0.6 is 0 Å². The zero-order valence-corrected chi connectivity index (χ0v) is 34.4. The predicted octanol–water partition coefficient (Wildman–Crippen LogP) is 3.99. The van der Waals surface area contributed by atoms with E-state index in [0.717, 1.165) is 0 Å². The summed E-state index contributed by atoms with van der Waals surface area (Å²) in [6.45, 7) is 14.9. The number of benzene rings is 2. The van der Waals surface area contributed by atoms with Gasteiger partial charge in [0.15, 0.2) is 5.75 Å². The summed E-state index contributed by atoms with van der Waals surface area (Å²) in [6.07, 6.45) is 4.83. The Kier molecular flexibility index (Phi) is 13.5. The highest BCUT2D eigenvalue weighted by Gasteiger charge is 2.50. The number of phenols is 3. The molecule has 4 aliphatic heterocycles. The summed E-state index contributed by atoms with van der Waals surface area (Å²) >= 11 is 0. The molecule has 4 heterocycles. The molecule has 0 aliphatic carbocycles. The number of ether oxygens (including phenoxy) is 4. The lowest BCUT2D eigenvalue weighted by atomic mass is 9.78. The summed E-state index contributed by atoms with van der Waals surface area (Å²) in [5.74, 6) is -8.36. The number of hydrogen-bond donors (Lipinski definition) is 7. The molecule has 6 rings (SSSR count). The smallest absolute Gasteiger partial charge is 0.312 e. The fourth-order valence-electron chi connectivity index (χ4n) is 7.78. The number of allylic oxidation sites excluding steroid dienone is 2. The van der Waals surface area contributed by atoms with E-state index in [0.29, 0.717) is 26.2 Å². The average Bonchev–Trinajstić information content (AvgIpc) is 3.46. The van der Waals surface area contributed by atoms with Crippen LogP contribution in [0.4, 0.5) is 5.69 Å². The number of carbonyl (C=O) groups excluding carboxylic acids is 3. The summed E-state index contributed by atoms with van der Waals surface area (Å²) in [6, 6.07) is 0. The number of ketones is 1. The standard InChI is InChI=1S/C42H56N4O12/c1-20-11-10-12-21(2)41(54)45-32-27(19-44-46-16-14-43-15-17-46)36(51)29-30(37(32)52)35(50)25(6)39-31(29)40(53)42(8,58-39)56-18-13-28(55-9)22(3)38(57-26(7)47)24(5)34(49)23(4)33(20)48/h10-13,18-20,22-24,28,33-34,38,43,48-52H,14-17H2,1-9H3,(H,45,54)/b11-10+,18-13+,21-12-,44-19-/t20-,22+,23+,24+,28-,33-,34+,38+,42-/m0/s1. The van der Waals surface area contributed by atoms with E-state index in [9.17, 15) is 39.9 Å². The number of phenolic OH excluding ortho intramolecular Hbond substituents is 3. The minimum atomic E-state index is -2.04. The number of fused-ring (bicyclic) bond motifs is 14. The van der Waals surface area contributed by atoms with Crippen LogP contribution in [0.2, 0.25) is 0 Å². The molecule has 2 aromatic carbocycles. The summed E-state index contributed by atoms with van der Waals surface area (Å²) in [7, 11) is 1.44. The van der Waals surface area contributed by atoms with Crippen LogP contribution in [0.5, 0.6) is 23.0 Å². The maximum Gasteiger partial charge on any atom is 0.312 e. The Morgan fingerprint density at radius 1 is 0.966 bits per heavy atom. The van der Waals surface area contributed by atoms with E-state index in [4.69, 9.17) is 18.9 Å². The molecular formula is C42H56N4O12. The number of hydrazone groups is 1. The van der Waals surface area contributed by atoms with E-state index in [1.165, 1.54) is 59.4 Å². The first-order valence-corrected chi connectivity index (χ1v) is 19.4. The number of aliphatic hydroxyl groups excluding tert-OH is 2. The number of nitrogens with zero attached hydrogens (tertiary/aromatic N) is 2. The van der Waals surface area contributed by atoms with Crippen molar-refractivity contribution in [3.8, 4) is 23.0 Å². The molecule has 9 atom stereocenters. The number of carbonyl (C=O) groups is 3. The fraction of sp³-hybridized carbons (Fsp3) is 0.524. The third-order valence-corrected chi connectivity index (χ3v) is 11.5. The van der Waals surface area contributed by atoms with Crippen LogP contribution in [0.15, 0.2) is 41.2 Å². The van der Waals surface area contributed by atoms with Crippen LogP contribution in [0.1, 0.15) is 70.0 Å². The largest absolute Gasteiger partial charge is 0.507 e. The van der Waals surface area contributed by atoms with Crippen molar-refractivity contribution in [3.05, 3.63) is 52.8 Å². The normalized spacial score (nSPS) is 32.1. The van der Waals surface area contributed by atoms with Gasteiger partial charge in [-0.3, -0.25) is 19.4 Å². The van der Waals surface area contributed by atoms with E-state index < -0.39 is 88.8 Å². The Morgan fingerprint density at radius 2 is 1.64 bits per heavy atom. The van der Waals surface area contributed by atoms with Crippen molar-refractivity contribution in [1.82, 2.24) is 10.3 Å². The Labute approximate surface area is 337 Å². The van der Waals surface area contributed by atoms with Gasteiger partial charge in [0.25, 0.3) is 11.7 Å². The zero-order chi connectivity index (χ0) is 42.8. The Hall–Kier alpha value is -5.16.